The van der Waals surface area contributed by atoms with Crippen LogP contribution in [0.2, 0.25) is 18.1 Å². The van der Waals surface area contributed by atoms with Crippen LogP contribution in [0.15, 0.2) is 36.4 Å². The molecule has 1 N–H and O–H groups in total. The highest BCUT2D eigenvalue weighted by Crippen LogP contribution is 2.38. The monoisotopic (exact) mass is 372 g/mol. The molecular weight excluding hydrogens is 340 g/mol. The van der Waals surface area contributed by atoms with Crippen LogP contribution in [0.3, 0.4) is 0 Å². The van der Waals surface area contributed by atoms with Gasteiger partial charge in [0.15, 0.2) is 14.1 Å². The first-order chi connectivity index (χ1) is 12.0. The first kappa shape index (κ1) is 20.7. The SMILES string of the molecule is CC(C)(CO[Si](C)(C)C(C)(C)C)c1cc(CO)nc(-c2ccccc2)n1. The van der Waals surface area contributed by atoms with Crippen molar-refractivity contribution >= 4 is 8.32 Å². The van der Waals surface area contributed by atoms with Crippen molar-refractivity contribution in [3.8, 4) is 11.4 Å². The van der Waals surface area contributed by atoms with Gasteiger partial charge in [-0.05, 0) is 24.2 Å². The molecule has 142 valence electrons. The lowest BCUT2D eigenvalue weighted by molar-refractivity contribution is 0.216. The summed E-state index contributed by atoms with van der Waals surface area (Å²) in [4.78, 5) is 9.29. The second-order valence-electron chi connectivity index (χ2n) is 9.03. The normalized spacial score (nSPS) is 13.1. The number of aliphatic hydroxyl groups is 1. The minimum atomic E-state index is -1.84. The Balaban J connectivity index is 2.34. The summed E-state index contributed by atoms with van der Waals surface area (Å²) in [5.74, 6) is 0.646. The molecular formula is C21H32N2O2Si. The molecule has 0 fully saturated rings. The third kappa shape index (κ3) is 4.78. The summed E-state index contributed by atoms with van der Waals surface area (Å²) in [5.41, 5.74) is 2.21. The molecule has 0 amide bonds. The second kappa shape index (κ2) is 7.59. The lowest BCUT2D eigenvalue weighted by atomic mass is 9.89. The molecule has 4 nitrogen and oxygen atoms in total. The molecule has 1 heterocycles. The highest BCUT2D eigenvalue weighted by atomic mass is 28.4. The van der Waals surface area contributed by atoms with Crippen LogP contribution in [-0.4, -0.2) is 30.0 Å². The van der Waals surface area contributed by atoms with Gasteiger partial charge in [-0.15, -0.1) is 0 Å². The predicted molar refractivity (Wildman–Crippen MR) is 110 cm³/mol. The summed E-state index contributed by atoms with van der Waals surface area (Å²) in [7, 11) is -1.84. The van der Waals surface area contributed by atoms with Gasteiger partial charge in [0.25, 0.3) is 0 Å². The van der Waals surface area contributed by atoms with E-state index in [1.807, 2.05) is 36.4 Å². The molecule has 0 bridgehead atoms. The molecule has 0 saturated heterocycles. The summed E-state index contributed by atoms with van der Waals surface area (Å²) in [5, 5.41) is 9.82. The van der Waals surface area contributed by atoms with Gasteiger partial charge in [0.05, 0.1) is 18.0 Å². The van der Waals surface area contributed by atoms with E-state index in [9.17, 15) is 5.11 Å². The fraction of sp³-hybridized carbons (Fsp3) is 0.524. The summed E-state index contributed by atoms with van der Waals surface area (Å²) in [6.07, 6.45) is 0. The van der Waals surface area contributed by atoms with Crippen LogP contribution in [0.25, 0.3) is 11.4 Å². The van der Waals surface area contributed by atoms with Gasteiger partial charge in [-0.2, -0.15) is 0 Å². The van der Waals surface area contributed by atoms with Crippen molar-refractivity contribution in [2.75, 3.05) is 6.61 Å². The fourth-order valence-corrected chi connectivity index (χ4v) is 3.45. The molecule has 1 aromatic carbocycles. The molecule has 0 unspecified atom stereocenters. The molecule has 0 atom stereocenters. The highest BCUT2D eigenvalue weighted by molar-refractivity contribution is 6.74. The van der Waals surface area contributed by atoms with E-state index < -0.39 is 8.32 Å². The molecule has 0 spiro atoms. The van der Waals surface area contributed by atoms with E-state index in [1.165, 1.54) is 0 Å². The Bertz CT molecular complexity index is 737. The fourth-order valence-electron chi connectivity index (χ4n) is 2.29. The first-order valence-corrected chi connectivity index (χ1v) is 12.1. The third-order valence-electron chi connectivity index (χ3n) is 5.27. The lowest BCUT2D eigenvalue weighted by Gasteiger charge is -2.39. The molecule has 5 heteroatoms. The molecule has 0 aliphatic rings. The maximum absolute atomic E-state index is 9.65. The average molecular weight is 373 g/mol. The Morgan fingerprint density at radius 3 is 2.15 bits per heavy atom. The van der Waals surface area contributed by atoms with Crippen LogP contribution >= 0.6 is 0 Å². The molecule has 2 aromatic rings. The number of benzene rings is 1. The molecule has 1 aromatic heterocycles. The molecule has 2 rings (SSSR count). The lowest BCUT2D eigenvalue weighted by Crippen LogP contribution is -2.44. The van der Waals surface area contributed by atoms with Gasteiger partial charge in [0.1, 0.15) is 0 Å². The Morgan fingerprint density at radius 2 is 1.62 bits per heavy atom. The number of aliphatic hydroxyl groups excluding tert-OH is 1. The van der Waals surface area contributed by atoms with E-state index in [0.29, 0.717) is 18.1 Å². The minimum Gasteiger partial charge on any atom is -0.416 e. The molecule has 0 aliphatic heterocycles. The van der Waals surface area contributed by atoms with Crippen LogP contribution in [0, 0.1) is 0 Å². The number of hydrogen-bond donors (Lipinski definition) is 1. The van der Waals surface area contributed by atoms with Crippen molar-refractivity contribution in [1.82, 2.24) is 9.97 Å². The standard InChI is InChI=1S/C21H32N2O2Si/c1-20(2,3)26(6,7)25-15-21(4,5)18-13-17(14-24)22-19(23-18)16-11-9-8-10-12-16/h8-13,24H,14-15H2,1-7H3. The van der Waals surface area contributed by atoms with Crippen molar-refractivity contribution in [1.29, 1.82) is 0 Å². The maximum Gasteiger partial charge on any atom is 0.192 e. The summed E-state index contributed by atoms with van der Waals surface area (Å²) in [6.45, 7) is 16.0. The number of nitrogens with zero attached hydrogens (tertiary/aromatic N) is 2. The first-order valence-electron chi connectivity index (χ1n) is 9.15. The van der Waals surface area contributed by atoms with Crippen molar-refractivity contribution < 1.29 is 9.53 Å². The Labute approximate surface area is 158 Å². The summed E-state index contributed by atoms with van der Waals surface area (Å²) >= 11 is 0. The molecule has 26 heavy (non-hydrogen) atoms. The molecule has 0 aliphatic carbocycles. The van der Waals surface area contributed by atoms with Gasteiger partial charge in [0, 0.05) is 17.6 Å². The van der Waals surface area contributed by atoms with Gasteiger partial charge >= 0.3 is 0 Å². The zero-order valence-corrected chi connectivity index (χ0v) is 18.1. The Morgan fingerprint density at radius 1 is 1.00 bits per heavy atom. The zero-order chi connectivity index (χ0) is 19.6. The van der Waals surface area contributed by atoms with E-state index in [4.69, 9.17) is 9.41 Å². The topological polar surface area (TPSA) is 55.2 Å². The number of aromatic nitrogens is 2. The second-order valence-corrected chi connectivity index (χ2v) is 13.8. The van der Waals surface area contributed by atoms with Crippen LogP contribution in [0.1, 0.15) is 46.0 Å². The van der Waals surface area contributed by atoms with Gasteiger partial charge in [-0.3, -0.25) is 0 Å². The van der Waals surface area contributed by atoms with Gasteiger partial charge in [0.2, 0.25) is 0 Å². The third-order valence-corrected chi connectivity index (χ3v) is 9.75. The zero-order valence-electron chi connectivity index (χ0n) is 17.1. The van der Waals surface area contributed by atoms with Crippen LogP contribution in [-0.2, 0) is 16.4 Å². The largest absolute Gasteiger partial charge is 0.416 e. The molecule has 0 saturated carbocycles. The van der Waals surface area contributed by atoms with Gasteiger partial charge in [-0.1, -0.05) is 65.0 Å². The van der Waals surface area contributed by atoms with Crippen molar-refractivity contribution in [2.24, 2.45) is 0 Å². The van der Waals surface area contributed by atoms with Crippen LogP contribution < -0.4 is 0 Å². The van der Waals surface area contributed by atoms with Crippen LogP contribution in [0.4, 0.5) is 0 Å². The quantitative estimate of drug-likeness (QED) is 0.730. The predicted octanol–water partition coefficient (Wildman–Crippen LogP) is 4.94. The smallest absolute Gasteiger partial charge is 0.192 e. The van der Waals surface area contributed by atoms with E-state index in [0.717, 1.165) is 11.3 Å². The highest BCUT2D eigenvalue weighted by Gasteiger charge is 2.39. The Kier molecular flexibility index (Phi) is 6.05. The number of hydrogen-bond acceptors (Lipinski definition) is 4. The van der Waals surface area contributed by atoms with Crippen molar-refractivity contribution in [3.63, 3.8) is 0 Å². The van der Waals surface area contributed by atoms with E-state index in [2.05, 4.69) is 52.7 Å². The molecule has 0 radical (unpaired) electrons. The average Bonchev–Trinajstić information content (AvgIpc) is 2.59. The van der Waals surface area contributed by atoms with E-state index >= 15 is 0 Å². The van der Waals surface area contributed by atoms with E-state index in [-0.39, 0.29) is 17.1 Å². The van der Waals surface area contributed by atoms with Gasteiger partial charge in [-0.25, -0.2) is 9.97 Å². The van der Waals surface area contributed by atoms with E-state index in [1.54, 1.807) is 0 Å². The minimum absolute atomic E-state index is 0.103. The Hall–Kier alpha value is -1.56. The maximum atomic E-state index is 9.65. The van der Waals surface area contributed by atoms with Crippen molar-refractivity contribution in [3.05, 3.63) is 47.8 Å². The van der Waals surface area contributed by atoms with Gasteiger partial charge < -0.3 is 9.53 Å². The number of rotatable bonds is 6. The van der Waals surface area contributed by atoms with Crippen LogP contribution in [0.5, 0.6) is 0 Å². The summed E-state index contributed by atoms with van der Waals surface area (Å²) < 4.78 is 6.45. The van der Waals surface area contributed by atoms with Crippen molar-refractivity contribution in [2.45, 2.75) is 64.8 Å². The summed E-state index contributed by atoms with van der Waals surface area (Å²) in [6, 6.07) is 11.8.